The summed E-state index contributed by atoms with van der Waals surface area (Å²) in [5, 5.41) is 8.82. The summed E-state index contributed by atoms with van der Waals surface area (Å²) in [6.45, 7) is 6.91. The van der Waals surface area contributed by atoms with Crippen LogP contribution in [-0.2, 0) is 23.1 Å². The molecule has 1 saturated heterocycles. The van der Waals surface area contributed by atoms with Crippen molar-refractivity contribution in [1.82, 2.24) is 24.5 Å². The molecule has 0 N–H and O–H groups in total. The van der Waals surface area contributed by atoms with Gasteiger partial charge >= 0.3 is 0 Å². The van der Waals surface area contributed by atoms with Gasteiger partial charge in [0.15, 0.2) is 11.5 Å². The number of aromatic nitrogens is 4. The van der Waals surface area contributed by atoms with Crippen molar-refractivity contribution in [3.05, 3.63) is 65.7 Å². The number of ether oxygens (including phenoxy) is 2. The predicted molar refractivity (Wildman–Crippen MR) is 111 cm³/mol. The summed E-state index contributed by atoms with van der Waals surface area (Å²) in [4.78, 5) is 15.1. The van der Waals surface area contributed by atoms with Crippen LogP contribution < -0.4 is 0 Å². The Bertz CT molecular complexity index is 1010. The Labute approximate surface area is 176 Å². The van der Waals surface area contributed by atoms with E-state index in [1.807, 2.05) is 68.9 Å². The highest BCUT2D eigenvalue weighted by molar-refractivity contribution is 5.92. The van der Waals surface area contributed by atoms with Crippen LogP contribution in [0.2, 0.25) is 0 Å². The highest BCUT2D eigenvalue weighted by Gasteiger charge is 2.35. The Hall–Kier alpha value is -2.97. The fraction of sp³-hybridized carbons (Fsp3) is 0.409. The molecule has 1 fully saturated rings. The molecule has 0 unspecified atom stereocenters. The number of hydrogen-bond acceptors (Lipinski definition) is 5. The molecule has 3 aromatic rings. The van der Waals surface area contributed by atoms with Gasteiger partial charge in [0.25, 0.3) is 5.91 Å². The van der Waals surface area contributed by atoms with E-state index in [-0.39, 0.29) is 12.0 Å². The number of aryl methyl sites for hydroxylation is 2. The molecule has 4 rings (SSSR count). The summed E-state index contributed by atoms with van der Waals surface area (Å²) >= 11 is 0. The second-order valence-corrected chi connectivity index (χ2v) is 8.00. The average Bonchev–Trinajstić information content (AvgIpc) is 3.41. The zero-order valence-corrected chi connectivity index (χ0v) is 17.8. The first-order valence-corrected chi connectivity index (χ1v) is 10.0. The van der Waals surface area contributed by atoms with Crippen LogP contribution in [0.5, 0.6) is 0 Å². The lowest BCUT2D eigenvalue weighted by Gasteiger charge is -2.25. The van der Waals surface area contributed by atoms with Gasteiger partial charge in [-0.15, -0.1) is 0 Å². The summed E-state index contributed by atoms with van der Waals surface area (Å²) in [5.74, 6) is -0.792. The van der Waals surface area contributed by atoms with Crippen molar-refractivity contribution in [2.24, 2.45) is 7.05 Å². The number of carbonyl (C=O) groups excluding carboxylic acids is 1. The standard InChI is InChI=1S/C22H27N5O3/c1-16-12-20(24-25(16)4)21(28)26(14-19-15-29-22(2,3)30-19)13-18-10-11-23-27(18)17-8-6-5-7-9-17/h5-12,19H,13-15H2,1-4H3/t19-/m0/s1. The Morgan fingerprint density at radius 3 is 2.67 bits per heavy atom. The van der Waals surface area contributed by atoms with Crippen molar-refractivity contribution in [2.45, 2.75) is 39.2 Å². The largest absolute Gasteiger partial charge is 0.348 e. The third kappa shape index (κ3) is 4.29. The van der Waals surface area contributed by atoms with E-state index in [0.29, 0.717) is 25.4 Å². The second kappa shape index (κ2) is 8.04. The molecule has 1 atom stereocenters. The average molecular weight is 409 g/mol. The molecule has 0 saturated carbocycles. The van der Waals surface area contributed by atoms with E-state index in [2.05, 4.69) is 10.2 Å². The van der Waals surface area contributed by atoms with Crippen molar-refractivity contribution in [3.63, 3.8) is 0 Å². The maximum absolute atomic E-state index is 13.4. The SMILES string of the molecule is Cc1cc(C(=O)N(Cc2ccnn2-c2ccccc2)C[C@H]2COC(C)(C)O2)nn1C. The normalized spacial score (nSPS) is 17.9. The van der Waals surface area contributed by atoms with Crippen molar-refractivity contribution in [1.29, 1.82) is 0 Å². The minimum Gasteiger partial charge on any atom is -0.348 e. The van der Waals surface area contributed by atoms with Gasteiger partial charge in [-0.2, -0.15) is 10.2 Å². The number of carbonyl (C=O) groups is 1. The van der Waals surface area contributed by atoms with Crippen LogP contribution in [0.1, 0.15) is 35.7 Å². The molecule has 1 aromatic carbocycles. The molecule has 158 valence electrons. The molecule has 0 bridgehead atoms. The van der Waals surface area contributed by atoms with E-state index < -0.39 is 5.79 Å². The molecular formula is C22H27N5O3. The van der Waals surface area contributed by atoms with Crippen LogP contribution in [0, 0.1) is 6.92 Å². The predicted octanol–water partition coefficient (Wildman–Crippen LogP) is 2.71. The first-order valence-electron chi connectivity index (χ1n) is 10.0. The van der Waals surface area contributed by atoms with Gasteiger partial charge < -0.3 is 14.4 Å². The van der Waals surface area contributed by atoms with Crippen molar-refractivity contribution in [2.75, 3.05) is 13.2 Å². The van der Waals surface area contributed by atoms with Crippen LogP contribution in [-0.4, -0.2) is 55.4 Å². The Morgan fingerprint density at radius 2 is 2.03 bits per heavy atom. The fourth-order valence-electron chi connectivity index (χ4n) is 3.59. The second-order valence-electron chi connectivity index (χ2n) is 8.00. The van der Waals surface area contributed by atoms with Gasteiger partial charge in [-0.25, -0.2) is 4.68 Å². The molecule has 0 aliphatic carbocycles. The van der Waals surface area contributed by atoms with Crippen molar-refractivity contribution >= 4 is 5.91 Å². The molecule has 8 nitrogen and oxygen atoms in total. The molecule has 1 amide bonds. The van der Waals surface area contributed by atoms with Crippen molar-refractivity contribution < 1.29 is 14.3 Å². The molecular weight excluding hydrogens is 382 g/mol. The maximum atomic E-state index is 13.4. The Morgan fingerprint density at radius 1 is 1.27 bits per heavy atom. The summed E-state index contributed by atoms with van der Waals surface area (Å²) in [5.41, 5.74) is 3.19. The molecule has 30 heavy (non-hydrogen) atoms. The first-order chi connectivity index (χ1) is 14.3. The number of rotatable bonds is 6. The topological polar surface area (TPSA) is 74.4 Å². The lowest BCUT2D eigenvalue weighted by Crippen LogP contribution is -2.39. The third-order valence-corrected chi connectivity index (χ3v) is 5.19. The fourth-order valence-corrected chi connectivity index (χ4v) is 3.59. The minimum absolute atomic E-state index is 0.146. The molecule has 2 aromatic heterocycles. The maximum Gasteiger partial charge on any atom is 0.274 e. The number of amides is 1. The Balaban J connectivity index is 1.61. The monoisotopic (exact) mass is 409 g/mol. The molecule has 8 heteroatoms. The molecule has 1 aliphatic rings. The van der Waals surface area contributed by atoms with Gasteiger partial charge in [-0.3, -0.25) is 9.48 Å². The third-order valence-electron chi connectivity index (χ3n) is 5.19. The smallest absolute Gasteiger partial charge is 0.274 e. The minimum atomic E-state index is -0.646. The highest BCUT2D eigenvalue weighted by Crippen LogP contribution is 2.24. The molecule has 0 spiro atoms. The summed E-state index contributed by atoms with van der Waals surface area (Å²) in [6, 6.07) is 13.6. The number of benzene rings is 1. The molecule has 3 heterocycles. The van der Waals surface area contributed by atoms with Crippen LogP contribution in [0.4, 0.5) is 0 Å². The van der Waals surface area contributed by atoms with Gasteiger partial charge in [-0.05, 0) is 45.0 Å². The van der Waals surface area contributed by atoms with E-state index in [1.54, 1.807) is 21.8 Å². The lowest BCUT2D eigenvalue weighted by molar-refractivity contribution is -0.139. The van der Waals surface area contributed by atoms with Gasteiger partial charge in [0.1, 0.15) is 6.10 Å². The van der Waals surface area contributed by atoms with Gasteiger partial charge in [0.05, 0.1) is 31.1 Å². The van der Waals surface area contributed by atoms with E-state index in [4.69, 9.17) is 9.47 Å². The van der Waals surface area contributed by atoms with Crippen LogP contribution in [0.15, 0.2) is 48.7 Å². The van der Waals surface area contributed by atoms with E-state index in [9.17, 15) is 4.79 Å². The lowest BCUT2D eigenvalue weighted by atomic mass is 10.2. The van der Waals surface area contributed by atoms with E-state index in [1.165, 1.54) is 0 Å². The summed E-state index contributed by atoms with van der Waals surface area (Å²) in [6.07, 6.45) is 1.54. The first kappa shape index (κ1) is 20.3. The van der Waals surface area contributed by atoms with Crippen LogP contribution in [0.3, 0.4) is 0 Å². The number of para-hydroxylation sites is 1. The van der Waals surface area contributed by atoms with Gasteiger partial charge in [0, 0.05) is 18.9 Å². The quantitative estimate of drug-likeness (QED) is 0.626. The summed E-state index contributed by atoms with van der Waals surface area (Å²) < 4.78 is 15.2. The highest BCUT2D eigenvalue weighted by atomic mass is 16.7. The molecule has 1 aliphatic heterocycles. The summed E-state index contributed by atoms with van der Waals surface area (Å²) in [7, 11) is 1.83. The van der Waals surface area contributed by atoms with Crippen LogP contribution in [0.25, 0.3) is 5.69 Å². The zero-order valence-electron chi connectivity index (χ0n) is 17.8. The number of nitrogens with zero attached hydrogens (tertiary/aromatic N) is 5. The van der Waals surface area contributed by atoms with Gasteiger partial charge in [0.2, 0.25) is 0 Å². The number of hydrogen-bond donors (Lipinski definition) is 0. The van der Waals surface area contributed by atoms with Gasteiger partial charge in [-0.1, -0.05) is 18.2 Å². The van der Waals surface area contributed by atoms with E-state index in [0.717, 1.165) is 17.1 Å². The molecule has 0 radical (unpaired) electrons. The van der Waals surface area contributed by atoms with Crippen LogP contribution >= 0.6 is 0 Å². The van der Waals surface area contributed by atoms with Crippen molar-refractivity contribution in [3.8, 4) is 5.69 Å². The Kier molecular flexibility index (Phi) is 5.44. The zero-order chi connectivity index (χ0) is 21.3. The van der Waals surface area contributed by atoms with E-state index >= 15 is 0 Å².